The largest absolute Gasteiger partial charge is 0.383 e. The average Bonchev–Trinajstić information content (AvgIpc) is 1.98. The molecule has 0 aliphatic heterocycles. The molecule has 0 fully saturated rings. The highest BCUT2D eigenvalue weighted by Crippen LogP contribution is 1.96. The van der Waals surface area contributed by atoms with Gasteiger partial charge in [0.25, 0.3) is 0 Å². The van der Waals surface area contributed by atoms with Crippen molar-refractivity contribution in [1.82, 2.24) is 4.90 Å². The Morgan fingerprint density at radius 1 is 1.60 bits per heavy atom. The Balaban J connectivity index is 3.31. The lowest BCUT2D eigenvalue weighted by Gasteiger charge is -2.21. The van der Waals surface area contributed by atoms with Gasteiger partial charge in [0.1, 0.15) is 0 Å². The lowest BCUT2D eigenvalue weighted by molar-refractivity contribution is 0.148. The topological polar surface area (TPSA) is 12.5 Å². The van der Waals surface area contributed by atoms with Crippen LogP contribution in [0, 0.1) is 0 Å². The van der Waals surface area contributed by atoms with Crippen molar-refractivity contribution in [3.05, 3.63) is 0 Å². The van der Waals surface area contributed by atoms with Gasteiger partial charge >= 0.3 is 0 Å². The Hall–Kier alpha value is 0.210. The van der Waals surface area contributed by atoms with Crippen molar-refractivity contribution in [2.45, 2.75) is 13.0 Å². The van der Waals surface area contributed by atoms with E-state index in [9.17, 15) is 0 Å². The zero-order chi connectivity index (χ0) is 7.98. The van der Waals surface area contributed by atoms with E-state index in [0.717, 1.165) is 13.2 Å². The summed E-state index contributed by atoms with van der Waals surface area (Å²) in [4.78, 5) is 2.18. The normalized spacial score (nSPS) is 14.1. The van der Waals surface area contributed by atoms with E-state index < -0.39 is 0 Å². The first-order chi connectivity index (χ1) is 4.72. The van der Waals surface area contributed by atoms with E-state index in [1.807, 2.05) is 7.05 Å². The minimum atomic E-state index is 0.441. The zero-order valence-corrected chi connectivity index (χ0v) is 7.69. The summed E-state index contributed by atoms with van der Waals surface area (Å²) in [7, 11) is 3.76. The van der Waals surface area contributed by atoms with Gasteiger partial charge in [0.05, 0.1) is 6.61 Å². The molecule has 10 heavy (non-hydrogen) atoms. The number of halogens is 1. The van der Waals surface area contributed by atoms with Crippen molar-refractivity contribution in [3.63, 3.8) is 0 Å². The highest BCUT2D eigenvalue weighted by Gasteiger charge is 2.05. The molecular weight excluding hydrogens is 150 g/mol. The van der Waals surface area contributed by atoms with Crippen LogP contribution in [0.2, 0.25) is 0 Å². The second-order valence-electron chi connectivity index (χ2n) is 2.48. The number of alkyl halides is 1. The fourth-order valence-electron chi connectivity index (χ4n) is 0.573. The molecule has 62 valence electrons. The van der Waals surface area contributed by atoms with Gasteiger partial charge in [-0.2, -0.15) is 0 Å². The maximum Gasteiger partial charge on any atom is 0.0589 e. The Morgan fingerprint density at radius 2 is 2.20 bits per heavy atom. The van der Waals surface area contributed by atoms with Crippen LogP contribution in [0.3, 0.4) is 0 Å². The standard InChI is InChI=1S/C7H16ClNO/c1-7(6-8)9(2)4-5-10-3/h7H,4-6H2,1-3H3. The third-order valence-corrected chi connectivity index (χ3v) is 2.07. The van der Waals surface area contributed by atoms with Crippen molar-refractivity contribution in [2.24, 2.45) is 0 Å². The summed E-state index contributed by atoms with van der Waals surface area (Å²) in [6.07, 6.45) is 0. The van der Waals surface area contributed by atoms with Crippen molar-refractivity contribution in [1.29, 1.82) is 0 Å². The molecule has 0 rings (SSSR count). The van der Waals surface area contributed by atoms with Crippen LogP contribution in [0.15, 0.2) is 0 Å². The fraction of sp³-hybridized carbons (Fsp3) is 1.00. The predicted octanol–water partition coefficient (Wildman–Crippen LogP) is 1.19. The number of nitrogens with zero attached hydrogens (tertiary/aromatic N) is 1. The Labute approximate surface area is 68.1 Å². The lowest BCUT2D eigenvalue weighted by atomic mass is 10.3. The Bertz CT molecular complexity index is 80.0. The summed E-state index contributed by atoms with van der Waals surface area (Å²) < 4.78 is 4.92. The summed E-state index contributed by atoms with van der Waals surface area (Å²) >= 11 is 5.64. The van der Waals surface area contributed by atoms with E-state index in [4.69, 9.17) is 16.3 Å². The second-order valence-corrected chi connectivity index (χ2v) is 2.79. The number of methoxy groups -OCH3 is 1. The zero-order valence-electron chi connectivity index (χ0n) is 6.93. The number of hydrogen-bond acceptors (Lipinski definition) is 2. The van der Waals surface area contributed by atoms with Crippen molar-refractivity contribution < 1.29 is 4.74 Å². The molecule has 0 aromatic rings. The molecule has 0 aromatic heterocycles. The molecule has 0 amide bonds. The van der Waals surface area contributed by atoms with Gasteiger partial charge in [0, 0.05) is 25.6 Å². The Kier molecular flexibility index (Phi) is 6.08. The van der Waals surface area contributed by atoms with Crippen LogP contribution in [0.5, 0.6) is 0 Å². The Morgan fingerprint density at radius 3 is 2.60 bits per heavy atom. The molecule has 0 radical (unpaired) electrons. The van der Waals surface area contributed by atoms with Gasteiger partial charge in [0.2, 0.25) is 0 Å². The van der Waals surface area contributed by atoms with Gasteiger partial charge < -0.3 is 9.64 Å². The number of rotatable bonds is 5. The number of ether oxygens (including phenoxy) is 1. The molecule has 0 saturated heterocycles. The van der Waals surface area contributed by atoms with Crippen LogP contribution in [-0.2, 0) is 4.74 Å². The quantitative estimate of drug-likeness (QED) is 0.568. The fourth-order valence-corrected chi connectivity index (χ4v) is 0.809. The first kappa shape index (κ1) is 10.2. The number of likely N-dealkylation sites (N-methyl/N-ethyl adjacent to an activating group) is 1. The first-order valence-corrected chi connectivity index (χ1v) is 4.01. The second kappa shape index (κ2) is 5.96. The van der Waals surface area contributed by atoms with Gasteiger partial charge in [-0.05, 0) is 14.0 Å². The smallest absolute Gasteiger partial charge is 0.0589 e. The van der Waals surface area contributed by atoms with Crippen LogP contribution in [-0.4, -0.2) is 44.1 Å². The summed E-state index contributed by atoms with van der Waals surface area (Å²) in [5.41, 5.74) is 0. The molecule has 2 nitrogen and oxygen atoms in total. The highest BCUT2D eigenvalue weighted by molar-refractivity contribution is 6.18. The summed E-state index contributed by atoms with van der Waals surface area (Å²) in [5, 5.41) is 0. The third-order valence-electron chi connectivity index (χ3n) is 1.62. The van der Waals surface area contributed by atoms with E-state index in [2.05, 4.69) is 11.8 Å². The molecule has 1 atom stereocenters. The number of hydrogen-bond donors (Lipinski definition) is 0. The monoisotopic (exact) mass is 165 g/mol. The molecule has 0 N–H and O–H groups in total. The van der Waals surface area contributed by atoms with E-state index in [1.165, 1.54) is 0 Å². The lowest BCUT2D eigenvalue weighted by Crippen LogP contribution is -2.33. The summed E-state index contributed by atoms with van der Waals surface area (Å²) in [5.74, 6) is 0.681. The molecule has 1 unspecified atom stereocenters. The minimum Gasteiger partial charge on any atom is -0.383 e. The maximum absolute atomic E-state index is 5.64. The van der Waals surface area contributed by atoms with Gasteiger partial charge in [-0.3, -0.25) is 0 Å². The maximum atomic E-state index is 5.64. The molecule has 0 heterocycles. The molecule has 0 saturated carbocycles. The summed E-state index contributed by atoms with van der Waals surface area (Å²) in [6, 6.07) is 0.441. The molecule has 3 heteroatoms. The van der Waals surface area contributed by atoms with Crippen LogP contribution in [0.4, 0.5) is 0 Å². The van der Waals surface area contributed by atoms with E-state index in [0.29, 0.717) is 11.9 Å². The first-order valence-electron chi connectivity index (χ1n) is 3.47. The minimum absolute atomic E-state index is 0.441. The summed E-state index contributed by atoms with van der Waals surface area (Å²) in [6.45, 7) is 3.82. The molecule has 0 bridgehead atoms. The predicted molar refractivity (Wildman–Crippen MR) is 44.7 cm³/mol. The van der Waals surface area contributed by atoms with Gasteiger partial charge in [-0.25, -0.2) is 0 Å². The SMILES string of the molecule is COCCN(C)C(C)CCl. The van der Waals surface area contributed by atoms with Crippen LogP contribution >= 0.6 is 11.6 Å². The average molecular weight is 166 g/mol. The molecule has 0 aromatic carbocycles. The van der Waals surface area contributed by atoms with Crippen molar-refractivity contribution in [2.75, 3.05) is 33.2 Å². The van der Waals surface area contributed by atoms with Gasteiger partial charge in [-0.1, -0.05) is 0 Å². The van der Waals surface area contributed by atoms with E-state index >= 15 is 0 Å². The van der Waals surface area contributed by atoms with Crippen LogP contribution in [0.1, 0.15) is 6.92 Å². The van der Waals surface area contributed by atoms with Crippen LogP contribution < -0.4 is 0 Å². The van der Waals surface area contributed by atoms with Crippen molar-refractivity contribution >= 4 is 11.6 Å². The highest BCUT2D eigenvalue weighted by atomic mass is 35.5. The third kappa shape index (κ3) is 4.09. The van der Waals surface area contributed by atoms with Crippen molar-refractivity contribution in [3.8, 4) is 0 Å². The van der Waals surface area contributed by atoms with E-state index in [-0.39, 0.29) is 0 Å². The van der Waals surface area contributed by atoms with Gasteiger partial charge in [-0.15, -0.1) is 11.6 Å². The van der Waals surface area contributed by atoms with Crippen LogP contribution in [0.25, 0.3) is 0 Å². The molecule has 0 spiro atoms. The molecule has 0 aliphatic rings. The van der Waals surface area contributed by atoms with E-state index in [1.54, 1.807) is 7.11 Å². The molecular formula is C7H16ClNO. The van der Waals surface area contributed by atoms with Gasteiger partial charge in [0.15, 0.2) is 0 Å². The molecule has 0 aliphatic carbocycles.